The Labute approximate surface area is 92.3 Å². The summed E-state index contributed by atoms with van der Waals surface area (Å²) in [6.45, 7) is 4.44. The molecule has 1 N–H and O–H groups in total. The van der Waals surface area contributed by atoms with Gasteiger partial charge in [0.1, 0.15) is 0 Å². The molecule has 0 spiro atoms. The number of nitrogens with one attached hydrogen (secondary N) is 1. The number of rotatable bonds is 3. The first-order valence-corrected chi connectivity index (χ1v) is 5.90. The minimum atomic E-state index is 0.683. The molecule has 0 aromatic heterocycles. The van der Waals surface area contributed by atoms with E-state index in [2.05, 4.69) is 47.7 Å². The minimum absolute atomic E-state index is 0.683. The molecule has 1 heterocycles. The molecule has 1 fully saturated rings. The van der Waals surface area contributed by atoms with Gasteiger partial charge in [-0.15, -0.1) is 0 Å². The Balaban J connectivity index is 1.82. The minimum Gasteiger partial charge on any atom is -0.251 e. The van der Waals surface area contributed by atoms with Crippen LogP contribution in [0.4, 0.5) is 0 Å². The highest BCUT2D eigenvalue weighted by molar-refractivity contribution is 5.14. The van der Waals surface area contributed by atoms with Crippen LogP contribution in [-0.4, -0.2) is 17.6 Å². The molecular formula is C13H20N2. The number of piperidine rings is 1. The number of benzene rings is 1. The van der Waals surface area contributed by atoms with Crippen LogP contribution < -0.4 is 5.43 Å². The van der Waals surface area contributed by atoms with E-state index < -0.39 is 0 Å². The fraction of sp³-hybridized carbons (Fsp3) is 0.538. The van der Waals surface area contributed by atoms with Crippen molar-refractivity contribution in [3.05, 3.63) is 35.9 Å². The van der Waals surface area contributed by atoms with Crippen LogP contribution in [0.25, 0.3) is 0 Å². The van der Waals surface area contributed by atoms with Crippen molar-refractivity contribution < 1.29 is 0 Å². The van der Waals surface area contributed by atoms with Crippen LogP contribution >= 0.6 is 0 Å². The first kappa shape index (κ1) is 10.7. The van der Waals surface area contributed by atoms with E-state index >= 15 is 0 Å². The first-order chi connectivity index (χ1) is 7.36. The Hall–Kier alpha value is -0.860. The van der Waals surface area contributed by atoms with Crippen molar-refractivity contribution in [2.45, 2.75) is 38.8 Å². The van der Waals surface area contributed by atoms with E-state index in [4.69, 9.17) is 0 Å². The van der Waals surface area contributed by atoms with E-state index in [1.807, 2.05) is 0 Å². The summed E-state index contributed by atoms with van der Waals surface area (Å²) < 4.78 is 0. The number of nitrogens with zero attached hydrogens (tertiary/aromatic N) is 1. The molecule has 1 aliphatic rings. The zero-order valence-electron chi connectivity index (χ0n) is 9.45. The van der Waals surface area contributed by atoms with E-state index in [0.717, 1.165) is 6.54 Å². The summed E-state index contributed by atoms with van der Waals surface area (Å²) in [5.74, 6) is 0. The van der Waals surface area contributed by atoms with Crippen LogP contribution in [0.2, 0.25) is 0 Å². The van der Waals surface area contributed by atoms with Gasteiger partial charge in [-0.2, -0.15) is 0 Å². The van der Waals surface area contributed by atoms with Gasteiger partial charge in [-0.25, -0.2) is 5.01 Å². The van der Waals surface area contributed by atoms with Gasteiger partial charge in [0.25, 0.3) is 0 Å². The van der Waals surface area contributed by atoms with Crippen LogP contribution in [0, 0.1) is 0 Å². The molecule has 0 radical (unpaired) electrons. The second kappa shape index (κ2) is 5.29. The van der Waals surface area contributed by atoms with Crippen LogP contribution in [0.3, 0.4) is 0 Å². The zero-order valence-corrected chi connectivity index (χ0v) is 9.45. The third-order valence-electron chi connectivity index (χ3n) is 3.13. The second-order valence-corrected chi connectivity index (χ2v) is 4.36. The molecule has 1 atom stereocenters. The summed E-state index contributed by atoms with van der Waals surface area (Å²) >= 11 is 0. The fourth-order valence-electron chi connectivity index (χ4n) is 2.12. The van der Waals surface area contributed by atoms with Crippen molar-refractivity contribution in [2.24, 2.45) is 0 Å². The number of hydrogen-bond acceptors (Lipinski definition) is 2. The Kier molecular flexibility index (Phi) is 3.75. The normalized spacial score (nSPS) is 22.9. The maximum Gasteiger partial charge on any atom is 0.0353 e. The molecule has 1 unspecified atom stereocenters. The van der Waals surface area contributed by atoms with Crippen LogP contribution in [-0.2, 0) is 6.54 Å². The highest BCUT2D eigenvalue weighted by atomic mass is 15.5. The van der Waals surface area contributed by atoms with E-state index in [9.17, 15) is 0 Å². The number of hydrazine groups is 1. The summed E-state index contributed by atoms with van der Waals surface area (Å²) in [6, 6.07) is 11.3. The highest BCUT2D eigenvalue weighted by Crippen LogP contribution is 2.14. The van der Waals surface area contributed by atoms with Crippen molar-refractivity contribution >= 4 is 0 Å². The SMILES string of the molecule is CC1CCCCN1NCc1ccccc1. The molecule has 1 aromatic carbocycles. The van der Waals surface area contributed by atoms with Crippen molar-refractivity contribution in [1.82, 2.24) is 10.4 Å². The van der Waals surface area contributed by atoms with Gasteiger partial charge in [-0.05, 0) is 25.3 Å². The van der Waals surface area contributed by atoms with Crippen molar-refractivity contribution in [1.29, 1.82) is 0 Å². The maximum absolute atomic E-state index is 3.52. The number of hydrogen-bond donors (Lipinski definition) is 1. The molecule has 1 aromatic rings. The topological polar surface area (TPSA) is 15.3 Å². The van der Waals surface area contributed by atoms with Gasteiger partial charge in [0.15, 0.2) is 0 Å². The lowest BCUT2D eigenvalue weighted by molar-refractivity contribution is 0.0935. The molecule has 0 saturated carbocycles. The molecule has 0 aliphatic carbocycles. The van der Waals surface area contributed by atoms with E-state index in [1.54, 1.807) is 0 Å². The van der Waals surface area contributed by atoms with Gasteiger partial charge >= 0.3 is 0 Å². The van der Waals surface area contributed by atoms with Crippen LogP contribution in [0.1, 0.15) is 31.7 Å². The lowest BCUT2D eigenvalue weighted by Crippen LogP contribution is -2.46. The lowest BCUT2D eigenvalue weighted by atomic mass is 10.1. The molecule has 82 valence electrons. The smallest absolute Gasteiger partial charge is 0.0353 e. The summed E-state index contributed by atoms with van der Waals surface area (Å²) in [5.41, 5.74) is 4.88. The van der Waals surface area contributed by atoms with Gasteiger partial charge in [-0.1, -0.05) is 36.8 Å². The molecule has 2 heteroatoms. The van der Waals surface area contributed by atoms with Gasteiger partial charge in [0, 0.05) is 19.1 Å². The van der Waals surface area contributed by atoms with Crippen LogP contribution in [0.15, 0.2) is 30.3 Å². The monoisotopic (exact) mass is 204 g/mol. The quantitative estimate of drug-likeness (QED) is 0.814. The summed E-state index contributed by atoms with van der Waals surface area (Å²) in [4.78, 5) is 0. The second-order valence-electron chi connectivity index (χ2n) is 4.36. The van der Waals surface area contributed by atoms with Crippen molar-refractivity contribution in [2.75, 3.05) is 6.54 Å². The summed E-state index contributed by atoms with van der Waals surface area (Å²) in [7, 11) is 0. The van der Waals surface area contributed by atoms with E-state index in [1.165, 1.54) is 31.4 Å². The third-order valence-corrected chi connectivity index (χ3v) is 3.13. The third kappa shape index (κ3) is 3.05. The Bertz CT molecular complexity index is 284. The predicted octanol–water partition coefficient (Wildman–Crippen LogP) is 2.57. The standard InChI is InChI=1S/C13H20N2/c1-12-7-5-6-10-15(12)14-11-13-8-3-2-4-9-13/h2-4,8-9,12,14H,5-7,10-11H2,1H3. The van der Waals surface area contributed by atoms with E-state index in [-0.39, 0.29) is 0 Å². The van der Waals surface area contributed by atoms with Gasteiger partial charge in [0.05, 0.1) is 0 Å². The molecule has 15 heavy (non-hydrogen) atoms. The van der Waals surface area contributed by atoms with Crippen molar-refractivity contribution in [3.63, 3.8) is 0 Å². The van der Waals surface area contributed by atoms with Gasteiger partial charge in [-0.3, -0.25) is 5.43 Å². The van der Waals surface area contributed by atoms with Crippen LogP contribution in [0.5, 0.6) is 0 Å². The molecule has 1 saturated heterocycles. The van der Waals surface area contributed by atoms with Gasteiger partial charge in [0.2, 0.25) is 0 Å². The summed E-state index contributed by atoms with van der Waals surface area (Å²) in [5, 5.41) is 2.39. The van der Waals surface area contributed by atoms with Crippen molar-refractivity contribution in [3.8, 4) is 0 Å². The molecular weight excluding hydrogens is 184 g/mol. The Morgan fingerprint density at radius 2 is 2.07 bits per heavy atom. The predicted molar refractivity (Wildman–Crippen MR) is 63.3 cm³/mol. The molecule has 0 amide bonds. The average Bonchev–Trinajstić information content (AvgIpc) is 2.29. The molecule has 2 rings (SSSR count). The Morgan fingerprint density at radius 1 is 1.27 bits per heavy atom. The first-order valence-electron chi connectivity index (χ1n) is 5.90. The van der Waals surface area contributed by atoms with E-state index in [0.29, 0.717) is 6.04 Å². The molecule has 0 bridgehead atoms. The summed E-state index contributed by atoms with van der Waals surface area (Å²) in [6.07, 6.45) is 4.03. The lowest BCUT2D eigenvalue weighted by Gasteiger charge is -2.33. The fourth-order valence-corrected chi connectivity index (χ4v) is 2.12. The zero-order chi connectivity index (χ0) is 10.5. The average molecular weight is 204 g/mol. The highest BCUT2D eigenvalue weighted by Gasteiger charge is 2.16. The van der Waals surface area contributed by atoms with Gasteiger partial charge < -0.3 is 0 Å². The maximum atomic E-state index is 3.52. The Morgan fingerprint density at radius 3 is 2.80 bits per heavy atom. The molecule has 2 nitrogen and oxygen atoms in total. The molecule has 1 aliphatic heterocycles. The largest absolute Gasteiger partial charge is 0.251 e.